The average molecular weight is 255 g/mol. The van der Waals surface area contributed by atoms with E-state index in [9.17, 15) is 0 Å². The SMILES string of the molecule is N#Cc1cccc([C@@]23CCC4(C[C@@H]2C3)OCCO4)c1. The van der Waals surface area contributed by atoms with E-state index >= 15 is 0 Å². The summed E-state index contributed by atoms with van der Waals surface area (Å²) in [5, 5.41) is 9.04. The van der Waals surface area contributed by atoms with E-state index in [-0.39, 0.29) is 5.79 Å². The van der Waals surface area contributed by atoms with Gasteiger partial charge in [-0.2, -0.15) is 5.26 Å². The van der Waals surface area contributed by atoms with Crippen molar-refractivity contribution in [1.29, 1.82) is 5.26 Å². The number of fused-ring (bicyclic) bond motifs is 1. The van der Waals surface area contributed by atoms with E-state index < -0.39 is 0 Å². The van der Waals surface area contributed by atoms with E-state index in [4.69, 9.17) is 14.7 Å². The van der Waals surface area contributed by atoms with E-state index in [0.717, 1.165) is 38.0 Å². The summed E-state index contributed by atoms with van der Waals surface area (Å²) in [6, 6.07) is 10.4. The molecular formula is C16H17NO2. The van der Waals surface area contributed by atoms with Gasteiger partial charge < -0.3 is 9.47 Å². The van der Waals surface area contributed by atoms with Crippen molar-refractivity contribution in [2.75, 3.05) is 13.2 Å². The Morgan fingerprint density at radius 1 is 1.16 bits per heavy atom. The lowest BCUT2D eigenvalue weighted by Crippen LogP contribution is -2.37. The first-order valence-electron chi connectivity index (χ1n) is 7.05. The highest BCUT2D eigenvalue weighted by atomic mass is 16.7. The lowest BCUT2D eigenvalue weighted by atomic mass is 9.79. The van der Waals surface area contributed by atoms with E-state index in [0.29, 0.717) is 11.3 Å². The molecule has 1 spiro atoms. The van der Waals surface area contributed by atoms with Crippen molar-refractivity contribution in [3.8, 4) is 6.07 Å². The van der Waals surface area contributed by atoms with Crippen LogP contribution in [0.4, 0.5) is 0 Å². The summed E-state index contributed by atoms with van der Waals surface area (Å²) in [5.41, 5.74) is 2.41. The molecule has 3 heteroatoms. The summed E-state index contributed by atoms with van der Waals surface area (Å²) in [6.07, 6.45) is 4.34. The quantitative estimate of drug-likeness (QED) is 0.775. The van der Waals surface area contributed by atoms with Gasteiger partial charge in [0.05, 0.1) is 24.8 Å². The van der Waals surface area contributed by atoms with Crippen molar-refractivity contribution in [2.24, 2.45) is 5.92 Å². The van der Waals surface area contributed by atoms with Crippen LogP contribution in [0.2, 0.25) is 0 Å². The highest BCUT2D eigenvalue weighted by Crippen LogP contribution is 2.65. The van der Waals surface area contributed by atoms with E-state index in [1.807, 2.05) is 12.1 Å². The Bertz CT molecular complexity index is 556. The van der Waals surface area contributed by atoms with Gasteiger partial charge in [0, 0.05) is 12.8 Å². The maximum absolute atomic E-state index is 9.04. The first-order valence-corrected chi connectivity index (χ1v) is 7.05. The molecule has 2 atom stereocenters. The van der Waals surface area contributed by atoms with Gasteiger partial charge in [-0.3, -0.25) is 0 Å². The van der Waals surface area contributed by atoms with E-state index in [1.165, 1.54) is 12.0 Å². The van der Waals surface area contributed by atoms with Gasteiger partial charge in [0.1, 0.15) is 0 Å². The van der Waals surface area contributed by atoms with Crippen LogP contribution in [0.15, 0.2) is 24.3 Å². The largest absolute Gasteiger partial charge is 0.348 e. The average Bonchev–Trinajstić information content (AvgIpc) is 3.01. The third-order valence-electron chi connectivity index (χ3n) is 5.12. The Morgan fingerprint density at radius 3 is 2.74 bits per heavy atom. The number of benzene rings is 1. The van der Waals surface area contributed by atoms with Crippen molar-refractivity contribution >= 4 is 0 Å². The Kier molecular flexibility index (Phi) is 2.30. The normalized spacial score (nSPS) is 34.8. The van der Waals surface area contributed by atoms with Gasteiger partial charge in [-0.05, 0) is 41.9 Å². The third-order valence-corrected chi connectivity index (χ3v) is 5.12. The summed E-state index contributed by atoms with van der Waals surface area (Å²) in [4.78, 5) is 0. The number of nitriles is 1. The molecule has 2 aliphatic carbocycles. The molecule has 0 N–H and O–H groups in total. The predicted octanol–water partition coefficient (Wildman–Crippen LogP) is 2.74. The van der Waals surface area contributed by atoms with Gasteiger partial charge in [-0.25, -0.2) is 0 Å². The molecule has 3 aliphatic rings. The zero-order chi connectivity index (χ0) is 12.9. The monoisotopic (exact) mass is 255 g/mol. The second kappa shape index (κ2) is 3.82. The fraction of sp³-hybridized carbons (Fsp3) is 0.562. The topological polar surface area (TPSA) is 42.2 Å². The fourth-order valence-corrected chi connectivity index (χ4v) is 4.00. The summed E-state index contributed by atoms with van der Waals surface area (Å²) < 4.78 is 11.7. The number of hydrogen-bond acceptors (Lipinski definition) is 3. The molecule has 19 heavy (non-hydrogen) atoms. The number of rotatable bonds is 1. The molecule has 0 radical (unpaired) electrons. The third kappa shape index (κ3) is 1.64. The Morgan fingerprint density at radius 2 is 2.00 bits per heavy atom. The minimum absolute atomic E-state index is 0.280. The van der Waals surface area contributed by atoms with Crippen molar-refractivity contribution < 1.29 is 9.47 Å². The van der Waals surface area contributed by atoms with E-state index in [2.05, 4.69) is 18.2 Å². The molecule has 4 rings (SSSR count). The molecule has 0 bridgehead atoms. The van der Waals surface area contributed by atoms with Gasteiger partial charge in [0.15, 0.2) is 5.79 Å². The second-order valence-corrected chi connectivity index (χ2v) is 6.06. The molecule has 3 nitrogen and oxygen atoms in total. The summed E-state index contributed by atoms with van der Waals surface area (Å²) in [6.45, 7) is 1.48. The van der Waals surface area contributed by atoms with Crippen LogP contribution in [0, 0.1) is 17.2 Å². The molecule has 1 aliphatic heterocycles. The first kappa shape index (κ1) is 11.5. The maximum Gasteiger partial charge on any atom is 0.168 e. The Hall–Kier alpha value is -1.37. The van der Waals surface area contributed by atoms with Crippen molar-refractivity contribution in [3.63, 3.8) is 0 Å². The summed E-state index contributed by atoms with van der Waals surface area (Å²) in [5.74, 6) is 0.380. The highest BCUT2D eigenvalue weighted by molar-refractivity contribution is 5.41. The molecule has 0 aromatic heterocycles. The van der Waals surface area contributed by atoms with Crippen LogP contribution in [-0.4, -0.2) is 19.0 Å². The Labute approximate surface area is 113 Å². The van der Waals surface area contributed by atoms with Gasteiger partial charge in [-0.15, -0.1) is 0 Å². The van der Waals surface area contributed by atoms with Crippen LogP contribution in [0.1, 0.15) is 36.8 Å². The van der Waals surface area contributed by atoms with Crippen molar-refractivity contribution in [3.05, 3.63) is 35.4 Å². The molecule has 98 valence electrons. The number of ether oxygens (including phenoxy) is 2. The van der Waals surface area contributed by atoms with Crippen LogP contribution in [0.5, 0.6) is 0 Å². The smallest absolute Gasteiger partial charge is 0.168 e. The Balaban J connectivity index is 1.60. The predicted molar refractivity (Wildman–Crippen MR) is 69.4 cm³/mol. The van der Waals surface area contributed by atoms with Gasteiger partial charge in [-0.1, -0.05) is 12.1 Å². The molecule has 1 saturated heterocycles. The lowest BCUT2D eigenvalue weighted by Gasteiger charge is -2.35. The molecule has 0 unspecified atom stereocenters. The minimum atomic E-state index is -0.280. The zero-order valence-electron chi connectivity index (χ0n) is 10.9. The van der Waals surface area contributed by atoms with Crippen LogP contribution < -0.4 is 0 Å². The number of nitrogens with zero attached hydrogens (tertiary/aromatic N) is 1. The molecule has 0 amide bonds. The van der Waals surface area contributed by atoms with Crippen LogP contribution >= 0.6 is 0 Å². The molecule has 3 fully saturated rings. The van der Waals surface area contributed by atoms with Crippen molar-refractivity contribution in [2.45, 2.75) is 36.9 Å². The first-order chi connectivity index (χ1) is 9.26. The highest BCUT2D eigenvalue weighted by Gasteiger charge is 2.62. The van der Waals surface area contributed by atoms with Crippen molar-refractivity contribution in [1.82, 2.24) is 0 Å². The fourth-order valence-electron chi connectivity index (χ4n) is 4.00. The van der Waals surface area contributed by atoms with E-state index in [1.54, 1.807) is 0 Å². The van der Waals surface area contributed by atoms with Crippen LogP contribution in [-0.2, 0) is 14.9 Å². The van der Waals surface area contributed by atoms with Crippen LogP contribution in [0.25, 0.3) is 0 Å². The molecular weight excluding hydrogens is 238 g/mol. The summed E-state index contributed by atoms with van der Waals surface area (Å²) >= 11 is 0. The van der Waals surface area contributed by atoms with Gasteiger partial charge >= 0.3 is 0 Å². The second-order valence-electron chi connectivity index (χ2n) is 6.06. The van der Waals surface area contributed by atoms with Crippen LogP contribution in [0.3, 0.4) is 0 Å². The summed E-state index contributed by atoms with van der Waals surface area (Å²) in [7, 11) is 0. The van der Waals surface area contributed by atoms with Gasteiger partial charge in [0.25, 0.3) is 0 Å². The minimum Gasteiger partial charge on any atom is -0.348 e. The molecule has 1 aromatic carbocycles. The molecule has 1 aromatic rings. The zero-order valence-corrected chi connectivity index (χ0v) is 10.9. The molecule has 2 saturated carbocycles. The number of hydrogen-bond donors (Lipinski definition) is 0. The standard InChI is InChI=1S/C16H17NO2/c17-11-12-2-1-3-13(8-12)15-4-5-16(10-14(15)9-15)18-6-7-19-16/h1-3,8,14H,4-7,9-10H2/t14-,15-/m0/s1. The molecule has 1 heterocycles. The lowest BCUT2D eigenvalue weighted by molar-refractivity contribution is -0.180. The maximum atomic E-state index is 9.04. The van der Waals surface area contributed by atoms with Gasteiger partial charge in [0.2, 0.25) is 0 Å².